The van der Waals surface area contributed by atoms with E-state index in [1.807, 2.05) is 13.8 Å². The lowest BCUT2D eigenvalue weighted by atomic mass is 10.1. The number of hydrogen-bond acceptors (Lipinski definition) is 2. The smallest absolute Gasteiger partial charge is 0.199 e. The summed E-state index contributed by atoms with van der Waals surface area (Å²) >= 11 is 0. The lowest BCUT2D eigenvalue weighted by Gasteiger charge is -2.12. The van der Waals surface area contributed by atoms with Crippen LogP contribution in [0.5, 0.6) is 0 Å². The molecule has 0 bridgehead atoms. The summed E-state index contributed by atoms with van der Waals surface area (Å²) in [5, 5.41) is 0. The van der Waals surface area contributed by atoms with E-state index in [-0.39, 0.29) is 6.04 Å². The Morgan fingerprint density at radius 3 is 2.27 bits per heavy atom. The van der Waals surface area contributed by atoms with Gasteiger partial charge in [-0.05, 0) is 12.8 Å². The average Bonchev–Trinajstić information content (AvgIpc) is 1.84. The lowest BCUT2D eigenvalue weighted by molar-refractivity contribution is 0.521. The Hall–Kier alpha value is 0.200. The zero-order valence-electron chi connectivity index (χ0n) is 6.80. The van der Waals surface area contributed by atoms with Gasteiger partial charge in [0.2, 0.25) is 0 Å². The first-order valence-electron chi connectivity index (χ1n) is 3.71. The van der Waals surface area contributed by atoms with Crippen molar-refractivity contribution in [3.05, 3.63) is 0 Å². The minimum Gasteiger partial charge on any atom is -0.199 e. The van der Waals surface area contributed by atoms with Crippen LogP contribution in [0.4, 0.5) is 0 Å². The van der Waals surface area contributed by atoms with Crippen LogP contribution < -0.4 is 4.72 Å². The van der Waals surface area contributed by atoms with Gasteiger partial charge < -0.3 is 0 Å². The molecule has 1 unspecified atom stereocenters. The van der Waals surface area contributed by atoms with Crippen LogP contribution in [0.2, 0.25) is 0 Å². The first-order chi connectivity index (χ1) is 4.99. The molecule has 0 saturated heterocycles. The minimum atomic E-state index is -3.54. The van der Waals surface area contributed by atoms with Gasteiger partial charge in [0, 0.05) is 16.7 Å². The second-order valence-electron chi connectivity index (χ2n) is 2.45. The zero-order chi connectivity index (χ0) is 8.91. The SMILES string of the molecule is CCCC(CC)NS(=O)(=O)Cl. The van der Waals surface area contributed by atoms with E-state index >= 15 is 0 Å². The third kappa shape index (κ3) is 6.59. The summed E-state index contributed by atoms with van der Waals surface area (Å²) in [7, 11) is 1.47. The quantitative estimate of drug-likeness (QED) is 0.685. The highest BCUT2D eigenvalue weighted by atomic mass is 35.7. The maximum atomic E-state index is 10.5. The molecule has 68 valence electrons. The molecule has 0 aromatic carbocycles. The van der Waals surface area contributed by atoms with Gasteiger partial charge in [0.1, 0.15) is 0 Å². The highest BCUT2D eigenvalue weighted by Gasteiger charge is 2.11. The minimum absolute atomic E-state index is 0.0116. The van der Waals surface area contributed by atoms with E-state index in [1.54, 1.807) is 0 Å². The van der Waals surface area contributed by atoms with Crippen molar-refractivity contribution in [2.24, 2.45) is 0 Å². The third-order valence-electron chi connectivity index (χ3n) is 1.44. The van der Waals surface area contributed by atoms with Crippen LogP contribution in [0.15, 0.2) is 0 Å². The van der Waals surface area contributed by atoms with E-state index in [0.29, 0.717) is 0 Å². The highest BCUT2D eigenvalue weighted by molar-refractivity contribution is 8.12. The van der Waals surface area contributed by atoms with Gasteiger partial charge >= 0.3 is 0 Å². The van der Waals surface area contributed by atoms with Crippen LogP contribution in [-0.2, 0) is 9.24 Å². The topological polar surface area (TPSA) is 46.2 Å². The van der Waals surface area contributed by atoms with Crippen molar-refractivity contribution in [3.63, 3.8) is 0 Å². The predicted octanol–water partition coefficient (Wildman–Crippen LogP) is 1.64. The van der Waals surface area contributed by atoms with Gasteiger partial charge in [0.05, 0.1) is 0 Å². The molecular weight excluding hydrogens is 186 g/mol. The Bertz CT molecular complexity index is 191. The summed E-state index contributed by atoms with van der Waals surface area (Å²) in [6, 6.07) is -0.0116. The lowest BCUT2D eigenvalue weighted by Crippen LogP contribution is -2.30. The number of halogens is 1. The molecule has 0 aromatic rings. The van der Waals surface area contributed by atoms with Crippen LogP contribution in [-0.4, -0.2) is 14.5 Å². The molecule has 0 heterocycles. The van der Waals surface area contributed by atoms with Gasteiger partial charge in [-0.2, -0.15) is 13.1 Å². The van der Waals surface area contributed by atoms with E-state index in [1.165, 1.54) is 0 Å². The Balaban J connectivity index is 3.88. The average molecular weight is 200 g/mol. The molecule has 0 aliphatic carbocycles. The highest BCUT2D eigenvalue weighted by Crippen LogP contribution is 2.04. The molecule has 0 spiro atoms. The second kappa shape index (κ2) is 4.95. The van der Waals surface area contributed by atoms with E-state index in [2.05, 4.69) is 4.72 Å². The van der Waals surface area contributed by atoms with Gasteiger partial charge in [0.25, 0.3) is 9.24 Å². The van der Waals surface area contributed by atoms with Gasteiger partial charge in [-0.25, -0.2) is 0 Å². The fraction of sp³-hybridized carbons (Fsp3) is 1.00. The van der Waals surface area contributed by atoms with E-state index < -0.39 is 9.24 Å². The maximum Gasteiger partial charge on any atom is 0.297 e. The number of nitrogens with one attached hydrogen (secondary N) is 1. The van der Waals surface area contributed by atoms with Crippen LogP contribution in [0, 0.1) is 0 Å². The standard InChI is InChI=1S/C6H14ClNO2S/c1-3-5-6(4-2)8-11(7,9)10/h6,8H,3-5H2,1-2H3. The first-order valence-corrected chi connectivity index (χ1v) is 6.02. The number of hydrogen-bond donors (Lipinski definition) is 1. The molecule has 11 heavy (non-hydrogen) atoms. The van der Waals surface area contributed by atoms with E-state index in [4.69, 9.17) is 10.7 Å². The summed E-state index contributed by atoms with van der Waals surface area (Å²) in [6.45, 7) is 3.93. The van der Waals surface area contributed by atoms with E-state index in [0.717, 1.165) is 19.3 Å². The molecule has 0 aromatic heterocycles. The fourth-order valence-corrected chi connectivity index (χ4v) is 1.95. The molecule has 1 N–H and O–H groups in total. The predicted molar refractivity (Wildman–Crippen MR) is 46.9 cm³/mol. The van der Waals surface area contributed by atoms with Crippen molar-refractivity contribution in [2.75, 3.05) is 0 Å². The van der Waals surface area contributed by atoms with Gasteiger partial charge in [0.15, 0.2) is 0 Å². The molecular formula is C6H14ClNO2S. The van der Waals surface area contributed by atoms with Gasteiger partial charge in [-0.1, -0.05) is 20.3 Å². The monoisotopic (exact) mass is 199 g/mol. The summed E-state index contributed by atoms with van der Waals surface area (Å²) in [4.78, 5) is 0. The van der Waals surface area contributed by atoms with Crippen molar-refractivity contribution in [1.82, 2.24) is 4.72 Å². The van der Waals surface area contributed by atoms with Gasteiger partial charge in [-0.15, -0.1) is 0 Å². The van der Waals surface area contributed by atoms with Gasteiger partial charge in [-0.3, -0.25) is 0 Å². The molecule has 0 aliphatic heterocycles. The molecule has 0 saturated carbocycles. The summed E-state index contributed by atoms with van der Waals surface area (Å²) < 4.78 is 23.4. The fourth-order valence-electron chi connectivity index (χ4n) is 0.894. The van der Waals surface area contributed by atoms with Crippen LogP contribution in [0.1, 0.15) is 33.1 Å². The zero-order valence-corrected chi connectivity index (χ0v) is 8.37. The first kappa shape index (κ1) is 11.2. The normalized spacial score (nSPS) is 14.8. The summed E-state index contributed by atoms with van der Waals surface area (Å²) in [6.07, 6.45) is 2.57. The summed E-state index contributed by atoms with van der Waals surface area (Å²) in [5.74, 6) is 0. The Kier molecular flexibility index (Phi) is 5.04. The Morgan fingerprint density at radius 1 is 1.45 bits per heavy atom. The second-order valence-corrected chi connectivity index (χ2v) is 4.78. The van der Waals surface area contributed by atoms with Crippen LogP contribution in [0.25, 0.3) is 0 Å². The van der Waals surface area contributed by atoms with E-state index in [9.17, 15) is 8.42 Å². The molecule has 0 rings (SSSR count). The molecule has 5 heteroatoms. The van der Waals surface area contributed by atoms with Crippen molar-refractivity contribution >= 4 is 19.9 Å². The summed E-state index contributed by atoms with van der Waals surface area (Å²) in [5.41, 5.74) is 0. The van der Waals surface area contributed by atoms with Crippen molar-refractivity contribution in [1.29, 1.82) is 0 Å². The van der Waals surface area contributed by atoms with Crippen LogP contribution >= 0.6 is 10.7 Å². The number of rotatable bonds is 5. The Morgan fingerprint density at radius 2 is 2.00 bits per heavy atom. The molecule has 3 nitrogen and oxygen atoms in total. The largest absolute Gasteiger partial charge is 0.297 e. The van der Waals surface area contributed by atoms with Crippen molar-refractivity contribution in [2.45, 2.75) is 39.2 Å². The van der Waals surface area contributed by atoms with Crippen molar-refractivity contribution in [3.8, 4) is 0 Å². The molecule has 0 fully saturated rings. The van der Waals surface area contributed by atoms with Crippen molar-refractivity contribution < 1.29 is 8.42 Å². The Labute approximate surface area is 72.7 Å². The molecule has 0 amide bonds. The molecule has 0 radical (unpaired) electrons. The molecule has 1 atom stereocenters. The van der Waals surface area contributed by atoms with Crippen LogP contribution in [0.3, 0.4) is 0 Å². The maximum absolute atomic E-state index is 10.5. The third-order valence-corrected chi connectivity index (χ3v) is 2.32. The molecule has 0 aliphatic rings.